The Bertz CT molecular complexity index is 430. The molecule has 1 aromatic carbocycles. The molecule has 5 nitrogen and oxygen atoms in total. The van der Waals surface area contributed by atoms with E-state index in [9.17, 15) is 10.1 Å². The lowest BCUT2D eigenvalue weighted by Crippen LogP contribution is -2.20. The molecule has 1 aliphatic carbocycles. The van der Waals surface area contributed by atoms with Crippen LogP contribution in [0.1, 0.15) is 24.8 Å². The third-order valence-electron chi connectivity index (χ3n) is 3.11. The molecular formula is C13H19N3O2. The number of rotatable bonds is 7. The lowest BCUT2D eigenvalue weighted by molar-refractivity contribution is -0.384. The minimum Gasteiger partial charge on any atom is -0.379 e. The quantitative estimate of drug-likeness (QED) is 0.442. The lowest BCUT2D eigenvalue weighted by atomic mass is 10.1. The predicted molar refractivity (Wildman–Crippen MR) is 72.0 cm³/mol. The van der Waals surface area contributed by atoms with Gasteiger partial charge in [0.15, 0.2) is 0 Å². The summed E-state index contributed by atoms with van der Waals surface area (Å²) < 4.78 is 0. The molecule has 0 radical (unpaired) electrons. The summed E-state index contributed by atoms with van der Waals surface area (Å²) >= 11 is 0. The number of nitro benzene ring substituents is 1. The molecule has 0 spiro atoms. The highest BCUT2D eigenvalue weighted by Crippen LogP contribution is 2.27. The Labute approximate surface area is 107 Å². The van der Waals surface area contributed by atoms with Crippen LogP contribution in [0.15, 0.2) is 18.2 Å². The number of aryl methyl sites for hydroxylation is 1. The van der Waals surface area contributed by atoms with E-state index in [0.717, 1.165) is 31.1 Å². The standard InChI is InChI=1S/C13H19N3O2/c1-10-4-2-5-12(16(17)18)13(10)15-9-3-8-14-11-6-7-11/h2,4-5,11,14-15H,3,6-9H2,1H3. The second-order valence-electron chi connectivity index (χ2n) is 4.73. The molecule has 0 bridgehead atoms. The Balaban J connectivity index is 1.84. The molecule has 2 N–H and O–H groups in total. The molecule has 5 heteroatoms. The van der Waals surface area contributed by atoms with Crippen LogP contribution in [0.25, 0.3) is 0 Å². The molecule has 0 atom stereocenters. The first-order valence-electron chi connectivity index (χ1n) is 6.40. The summed E-state index contributed by atoms with van der Waals surface area (Å²) in [5, 5.41) is 17.5. The molecule has 1 fully saturated rings. The van der Waals surface area contributed by atoms with Crippen molar-refractivity contribution in [3.05, 3.63) is 33.9 Å². The second kappa shape index (κ2) is 5.82. The number of hydrogen-bond donors (Lipinski definition) is 2. The van der Waals surface area contributed by atoms with Crippen molar-refractivity contribution in [2.75, 3.05) is 18.4 Å². The highest BCUT2D eigenvalue weighted by atomic mass is 16.6. The van der Waals surface area contributed by atoms with Gasteiger partial charge in [-0.1, -0.05) is 12.1 Å². The fourth-order valence-electron chi connectivity index (χ4n) is 1.93. The number of nitrogens with zero attached hydrogens (tertiary/aromatic N) is 1. The van der Waals surface area contributed by atoms with Crippen LogP contribution < -0.4 is 10.6 Å². The van der Waals surface area contributed by atoms with E-state index in [1.165, 1.54) is 18.9 Å². The molecule has 0 amide bonds. The van der Waals surface area contributed by atoms with Crippen LogP contribution in [0, 0.1) is 17.0 Å². The van der Waals surface area contributed by atoms with E-state index in [0.29, 0.717) is 5.69 Å². The molecule has 2 rings (SSSR count). The van der Waals surface area contributed by atoms with Crippen LogP contribution in [0.2, 0.25) is 0 Å². The Kier molecular flexibility index (Phi) is 4.15. The number of anilines is 1. The zero-order valence-corrected chi connectivity index (χ0v) is 10.6. The van der Waals surface area contributed by atoms with E-state index >= 15 is 0 Å². The van der Waals surface area contributed by atoms with Gasteiger partial charge in [-0.3, -0.25) is 10.1 Å². The van der Waals surface area contributed by atoms with Gasteiger partial charge in [-0.15, -0.1) is 0 Å². The number of hydrogen-bond acceptors (Lipinski definition) is 4. The molecule has 1 aromatic rings. The predicted octanol–water partition coefficient (Wildman–Crippen LogP) is 2.46. The molecule has 1 saturated carbocycles. The summed E-state index contributed by atoms with van der Waals surface area (Å²) in [6.07, 6.45) is 3.55. The van der Waals surface area contributed by atoms with Gasteiger partial charge in [0.05, 0.1) is 4.92 Å². The number of para-hydroxylation sites is 1. The fourth-order valence-corrected chi connectivity index (χ4v) is 1.93. The maximum atomic E-state index is 10.9. The molecule has 1 aliphatic rings. The van der Waals surface area contributed by atoms with Crippen molar-refractivity contribution < 1.29 is 4.92 Å². The first-order valence-corrected chi connectivity index (χ1v) is 6.40. The zero-order valence-electron chi connectivity index (χ0n) is 10.6. The van der Waals surface area contributed by atoms with E-state index < -0.39 is 0 Å². The van der Waals surface area contributed by atoms with Crippen LogP contribution in [-0.4, -0.2) is 24.1 Å². The number of nitrogens with one attached hydrogen (secondary N) is 2. The van der Waals surface area contributed by atoms with E-state index in [1.54, 1.807) is 6.07 Å². The van der Waals surface area contributed by atoms with Crippen molar-refractivity contribution in [3.63, 3.8) is 0 Å². The van der Waals surface area contributed by atoms with Crippen molar-refractivity contribution in [3.8, 4) is 0 Å². The van der Waals surface area contributed by atoms with E-state index in [1.807, 2.05) is 13.0 Å². The van der Waals surface area contributed by atoms with Gasteiger partial charge >= 0.3 is 0 Å². The molecule has 0 saturated heterocycles. The maximum Gasteiger partial charge on any atom is 0.292 e. The fraction of sp³-hybridized carbons (Fsp3) is 0.538. The SMILES string of the molecule is Cc1cccc([N+](=O)[O-])c1NCCCNC1CC1. The van der Waals surface area contributed by atoms with Crippen molar-refractivity contribution >= 4 is 11.4 Å². The van der Waals surface area contributed by atoms with Crippen LogP contribution in [0.4, 0.5) is 11.4 Å². The summed E-state index contributed by atoms with van der Waals surface area (Å²) in [5.74, 6) is 0. The summed E-state index contributed by atoms with van der Waals surface area (Å²) in [6, 6.07) is 5.86. The van der Waals surface area contributed by atoms with Crippen LogP contribution >= 0.6 is 0 Å². The monoisotopic (exact) mass is 249 g/mol. The van der Waals surface area contributed by atoms with Gasteiger partial charge < -0.3 is 10.6 Å². The molecule has 0 aliphatic heterocycles. The van der Waals surface area contributed by atoms with E-state index in [-0.39, 0.29) is 10.6 Å². The van der Waals surface area contributed by atoms with Crippen molar-refractivity contribution in [2.45, 2.75) is 32.2 Å². The van der Waals surface area contributed by atoms with Crippen molar-refractivity contribution in [2.24, 2.45) is 0 Å². The maximum absolute atomic E-state index is 10.9. The number of benzene rings is 1. The summed E-state index contributed by atoms with van der Waals surface area (Å²) in [7, 11) is 0. The normalized spacial score (nSPS) is 14.5. The zero-order chi connectivity index (χ0) is 13.0. The molecule has 0 unspecified atom stereocenters. The smallest absolute Gasteiger partial charge is 0.292 e. The first-order chi connectivity index (χ1) is 8.68. The van der Waals surface area contributed by atoms with Crippen LogP contribution in [0.3, 0.4) is 0 Å². The lowest BCUT2D eigenvalue weighted by Gasteiger charge is -2.10. The Morgan fingerprint density at radius 2 is 2.17 bits per heavy atom. The highest BCUT2D eigenvalue weighted by Gasteiger charge is 2.19. The average molecular weight is 249 g/mol. The molecular weight excluding hydrogens is 230 g/mol. The van der Waals surface area contributed by atoms with Crippen LogP contribution in [0.5, 0.6) is 0 Å². The largest absolute Gasteiger partial charge is 0.379 e. The minimum absolute atomic E-state index is 0.158. The van der Waals surface area contributed by atoms with Gasteiger partial charge in [0.1, 0.15) is 5.69 Å². The highest BCUT2D eigenvalue weighted by molar-refractivity contribution is 5.65. The van der Waals surface area contributed by atoms with E-state index in [4.69, 9.17) is 0 Å². The first kappa shape index (κ1) is 12.8. The van der Waals surface area contributed by atoms with Crippen molar-refractivity contribution in [1.82, 2.24) is 5.32 Å². The van der Waals surface area contributed by atoms with Gasteiger partial charge in [-0.05, 0) is 38.3 Å². The number of nitro groups is 1. The molecule has 0 heterocycles. The summed E-state index contributed by atoms with van der Waals surface area (Å²) in [4.78, 5) is 10.6. The molecule has 18 heavy (non-hydrogen) atoms. The molecule has 98 valence electrons. The third kappa shape index (κ3) is 3.43. The van der Waals surface area contributed by atoms with Gasteiger partial charge in [0.25, 0.3) is 5.69 Å². The van der Waals surface area contributed by atoms with E-state index in [2.05, 4.69) is 10.6 Å². The second-order valence-corrected chi connectivity index (χ2v) is 4.73. The van der Waals surface area contributed by atoms with Gasteiger partial charge in [-0.2, -0.15) is 0 Å². The summed E-state index contributed by atoms with van der Waals surface area (Å²) in [5.41, 5.74) is 1.72. The van der Waals surface area contributed by atoms with Gasteiger partial charge in [-0.25, -0.2) is 0 Å². The molecule has 0 aromatic heterocycles. The van der Waals surface area contributed by atoms with Crippen LogP contribution in [-0.2, 0) is 0 Å². The minimum atomic E-state index is -0.336. The van der Waals surface area contributed by atoms with Gasteiger partial charge in [0, 0.05) is 18.7 Å². The Morgan fingerprint density at radius 3 is 2.83 bits per heavy atom. The Morgan fingerprint density at radius 1 is 1.39 bits per heavy atom. The summed E-state index contributed by atoms with van der Waals surface area (Å²) in [6.45, 7) is 3.61. The average Bonchev–Trinajstić information content (AvgIpc) is 3.14. The third-order valence-corrected chi connectivity index (χ3v) is 3.11. The Hall–Kier alpha value is -1.62. The van der Waals surface area contributed by atoms with Gasteiger partial charge in [0.2, 0.25) is 0 Å². The van der Waals surface area contributed by atoms with Crippen molar-refractivity contribution in [1.29, 1.82) is 0 Å². The topological polar surface area (TPSA) is 67.2 Å².